The van der Waals surface area contributed by atoms with Gasteiger partial charge in [0.15, 0.2) is 5.82 Å². The number of halogens is 1. The van der Waals surface area contributed by atoms with E-state index < -0.39 is 0 Å². The lowest BCUT2D eigenvalue weighted by Crippen LogP contribution is -2.26. The fourth-order valence-electron chi connectivity index (χ4n) is 3.11. The Hall–Kier alpha value is -2.93. The summed E-state index contributed by atoms with van der Waals surface area (Å²) in [5.41, 5.74) is 3.66. The average molecular weight is 428 g/mol. The van der Waals surface area contributed by atoms with Crippen LogP contribution in [0.3, 0.4) is 0 Å². The first-order valence-electron chi connectivity index (χ1n) is 9.78. The van der Waals surface area contributed by atoms with E-state index in [4.69, 9.17) is 16.3 Å². The third kappa shape index (κ3) is 5.57. The Morgan fingerprint density at radius 3 is 2.53 bits per heavy atom. The van der Waals surface area contributed by atoms with Crippen molar-refractivity contribution in [3.8, 4) is 17.1 Å². The number of nitrogens with one attached hydrogen (secondary N) is 1. The highest BCUT2D eigenvalue weighted by atomic mass is 35.5. The molecule has 1 amide bonds. The van der Waals surface area contributed by atoms with Crippen LogP contribution in [0.2, 0.25) is 5.02 Å². The van der Waals surface area contributed by atoms with Crippen LogP contribution in [0, 0.1) is 13.8 Å². The molecule has 0 atom stereocenters. The normalized spacial score (nSPS) is 11.0. The number of benzene rings is 1. The van der Waals surface area contributed by atoms with Crippen LogP contribution in [0.1, 0.15) is 36.6 Å². The van der Waals surface area contributed by atoms with Crippen LogP contribution in [0.4, 0.5) is 0 Å². The van der Waals surface area contributed by atoms with Crippen LogP contribution in [-0.2, 0) is 24.8 Å². The van der Waals surface area contributed by atoms with E-state index in [0.29, 0.717) is 29.0 Å². The second-order valence-electron chi connectivity index (χ2n) is 7.50. The Labute approximate surface area is 181 Å². The van der Waals surface area contributed by atoms with Gasteiger partial charge in [0.2, 0.25) is 5.91 Å². The zero-order chi connectivity index (χ0) is 21.8. The summed E-state index contributed by atoms with van der Waals surface area (Å²) in [6.07, 6.45) is 0.136. The molecule has 7 nitrogen and oxygen atoms in total. The predicted molar refractivity (Wildman–Crippen MR) is 116 cm³/mol. The van der Waals surface area contributed by atoms with E-state index in [9.17, 15) is 4.79 Å². The number of aryl methyl sites for hydroxylation is 3. The Bertz CT molecular complexity index is 1040. The largest absolute Gasteiger partial charge is 0.489 e. The van der Waals surface area contributed by atoms with Crippen molar-refractivity contribution in [2.75, 3.05) is 0 Å². The maximum Gasteiger partial charge on any atom is 0.227 e. The molecule has 0 aliphatic rings. The lowest BCUT2D eigenvalue weighted by molar-refractivity contribution is -0.120. The molecule has 2 heterocycles. The van der Waals surface area contributed by atoms with Crippen molar-refractivity contribution in [3.63, 3.8) is 0 Å². The molecule has 3 aromatic rings. The van der Waals surface area contributed by atoms with E-state index >= 15 is 0 Å². The summed E-state index contributed by atoms with van der Waals surface area (Å²) in [5.74, 6) is 1.56. The van der Waals surface area contributed by atoms with Crippen LogP contribution >= 0.6 is 11.6 Å². The molecule has 0 radical (unpaired) electrons. The Balaban J connectivity index is 1.69. The fourth-order valence-corrected chi connectivity index (χ4v) is 3.27. The van der Waals surface area contributed by atoms with Gasteiger partial charge in [0.05, 0.1) is 17.5 Å². The molecule has 0 bridgehead atoms. The van der Waals surface area contributed by atoms with Gasteiger partial charge in [-0.25, -0.2) is 4.98 Å². The van der Waals surface area contributed by atoms with Crippen LogP contribution in [0.25, 0.3) is 11.4 Å². The summed E-state index contributed by atoms with van der Waals surface area (Å²) >= 11 is 6.21. The van der Waals surface area contributed by atoms with Crippen molar-refractivity contribution in [1.82, 2.24) is 25.1 Å². The Morgan fingerprint density at radius 2 is 1.87 bits per heavy atom. The van der Waals surface area contributed by atoms with Gasteiger partial charge in [0.25, 0.3) is 0 Å². The summed E-state index contributed by atoms with van der Waals surface area (Å²) < 4.78 is 7.35. The summed E-state index contributed by atoms with van der Waals surface area (Å²) in [7, 11) is 1.77. The monoisotopic (exact) mass is 427 g/mol. The zero-order valence-corrected chi connectivity index (χ0v) is 18.6. The lowest BCUT2D eigenvalue weighted by atomic mass is 10.2. The first kappa shape index (κ1) is 21.8. The fraction of sp³-hybridized carbons (Fsp3) is 0.364. The number of amides is 1. The number of hydrogen-bond donors (Lipinski definition) is 1. The second-order valence-corrected chi connectivity index (χ2v) is 7.91. The predicted octanol–water partition coefficient (Wildman–Crippen LogP) is 3.79. The molecule has 2 aromatic heterocycles. The zero-order valence-electron chi connectivity index (χ0n) is 17.9. The molecule has 158 valence electrons. The first-order chi connectivity index (χ1) is 14.2. The Morgan fingerprint density at radius 1 is 1.17 bits per heavy atom. The van der Waals surface area contributed by atoms with Crippen molar-refractivity contribution >= 4 is 17.5 Å². The van der Waals surface area contributed by atoms with Gasteiger partial charge in [-0.15, -0.1) is 0 Å². The molecular weight excluding hydrogens is 402 g/mol. The van der Waals surface area contributed by atoms with Crippen molar-refractivity contribution in [2.45, 2.75) is 46.8 Å². The average Bonchev–Trinajstić information content (AvgIpc) is 3.01. The van der Waals surface area contributed by atoms with E-state index in [-0.39, 0.29) is 18.4 Å². The van der Waals surface area contributed by atoms with Gasteiger partial charge >= 0.3 is 0 Å². The van der Waals surface area contributed by atoms with Gasteiger partial charge < -0.3 is 10.1 Å². The molecule has 30 heavy (non-hydrogen) atoms. The van der Waals surface area contributed by atoms with E-state index in [1.807, 2.05) is 52.0 Å². The number of pyridine rings is 1. The number of rotatable bonds is 7. The van der Waals surface area contributed by atoms with E-state index in [1.165, 1.54) is 0 Å². The molecule has 0 unspecified atom stereocenters. The molecule has 0 aliphatic heterocycles. The van der Waals surface area contributed by atoms with Gasteiger partial charge in [-0.2, -0.15) is 5.10 Å². The van der Waals surface area contributed by atoms with Crippen LogP contribution in [0.5, 0.6) is 5.75 Å². The van der Waals surface area contributed by atoms with Crippen LogP contribution in [-0.4, -0.2) is 31.8 Å². The van der Waals surface area contributed by atoms with Crippen molar-refractivity contribution in [2.24, 2.45) is 7.05 Å². The number of nitrogens with zero attached hydrogens (tertiary/aromatic N) is 4. The third-order valence-electron chi connectivity index (χ3n) is 4.35. The maximum absolute atomic E-state index is 12.4. The van der Waals surface area contributed by atoms with E-state index in [2.05, 4.69) is 20.4 Å². The van der Waals surface area contributed by atoms with Gasteiger partial charge in [0.1, 0.15) is 11.6 Å². The van der Waals surface area contributed by atoms with Gasteiger partial charge in [-0.05, 0) is 63.6 Å². The van der Waals surface area contributed by atoms with Gasteiger partial charge in [-0.1, -0.05) is 11.6 Å². The summed E-state index contributed by atoms with van der Waals surface area (Å²) in [6, 6.07) is 9.34. The minimum atomic E-state index is -0.121. The van der Waals surface area contributed by atoms with Gasteiger partial charge in [0, 0.05) is 30.5 Å². The molecule has 1 aromatic carbocycles. The van der Waals surface area contributed by atoms with Crippen molar-refractivity contribution in [3.05, 3.63) is 58.1 Å². The summed E-state index contributed by atoms with van der Waals surface area (Å²) in [4.78, 5) is 21.3. The summed E-state index contributed by atoms with van der Waals surface area (Å²) in [6.45, 7) is 8.20. The SMILES string of the molecule is Cc1cc(CNC(=O)Cc2nc(-c3ccc(Cl)c(OC(C)C)c3)nn2C)cc(C)n1. The molecule has 0 spiro atoms. The smallest absolute Gasteiger partial charge is 0.227 e. The molecule has 8 heteroatoms. The minimum Gasteiger partial charge on any atom is -0.489 e. The number of hydrogen-bond acceptors (Lipinski definition) is 5. The number of carbonyl (C=O) groups is 1. The second kappa shape index (κ2) is 9.26. The highest BCUT2D eigenvalue weighted by Gasteiger charge is 2.15. The van der Waals surface area contributed by atoms with Crippen molar-refractivity contribution in [1.29, 1.82) is 0 Å². The van der Waals surface area contributed by atoms with E-state index in [0.717, 1.165) is 22.5 Å². The minimum absolute atomic E-state index is 0.00155. The quantitative estimate of drug-likeness (QED) is 0.620. The number of ether oxygens (including phenoxy) is 1. The number of carbonyl (C=O) groups excluding carboxylic acids is 1. The Kier molecular flexibility index (Phi) is 6.72. The van der Waals surface area contributed by atoms with Crippen LogP contribution < -0.4 is 10.1 Å². The summed E-state index contributed by atoms with van der Waals surface area (Å²) in [5, 5.41) is 7.91. The highest BCUT2D eigenvalue weighted by molar-refractivity contribution is 6.32. The highest BCUT2D eigenvalue weighted by Crippen LogP contribution is 2.30. The van der Waals surface area contributed by atoms with Gasteiger partial charge in [-0.3, -0.25) is 14.5 Å². The van der Waals surface area contributed by atoms with E-state index in [1.54, 1.807) is 17.8 Å². The number of aromatic nitrogens is 4. The maximum atomic E-state index is 12.4. The molecule has 3 rings (SSSR count). The van der Waals surface area contributed by atoms with Crippen LogP contribution in [0.15, 0.2) is 30.3 Å². The van der Waals surface area contributed by atoms with Crippen molar-refractivity contribution < 1.29 is 9.53 Å². The lowest BCUT2D eigenvalue weighted by Gasteiger charge is -2.11. The molecule has 1 N–H and O–H groups in total. The molecule has 0 fully saturated rings. The molecule has 0 aliphatic carbocycles. The molecule has 0 saturated carbocycles. The first-order valence-corrected chi connectivity index (χ1v) is 10.2. The third-order valence-corrected chi connectivity index (χ3v) is 4.67. The topological polar surface area (TPSA) is 81.9 Å². The molecular formula is C22H26ClN5O2. The molecule has 0 saturated heterocycles. The standard InChI is InChI=1S/C22H26ClN5O2/c1-13(2)30-19-10-17(6-7-18(19)23)22-26-20(28(5)27-22)11-21(29)24-12-16-8-14(3)25-15(4)9-16/h6-10,13H,11-12H2,1-5H3,(H,24,29).